The highest BCUT2D eigenvalue weighted by molar-refractivity contribution is 6.54. The molecule has 0 fully saturated rings. The largest absolute Gasteiger partial charge is 0.364 e. The number of rotatable bonds is 3. The predicted molar refractivity (Wildman–Crippen MR) is 66.0 cm³/mol. The zero-order valence-corrected chi connectivity index (χ0v) is 9.33. The van der Waals surface area contributed by atoms with Crippen molar-refractivity contribution >= 4 is 23.2 Å². The molecule has 7 heteroatoms. The summed E-state index contributed by atoms with van der Waals surface area (Å²) >= 11 is 0. The van der Waals surface area contributed by atoms with Crippen molar-refractivity contribution in [3.8, 4) is 0 Å². The third kappa shape index (κ3) is 1.94. The second-order valence-corrected chi connectivity index (χ2v) is 3.49. The molecule has 0 spiro atoms. The van der Waals surface area contributed by atoms with Crippen molar-refractivity contribution in [3.05, 3.63) is 42.1 Å². The van der Waals surface area contributed by atoms with Crippen LogP contribution in [0.3, 0.4) is 0 Å². The summed E-state index contributed by atoms with van der Waals surface area (Å²) in [5, 5.41) is 5.00. The lowest BCUT2D eigenvalue weighted by Gasteiger charge is -2.10. The summed E-state index contributed by atoms with van der Waals surface area (Å²) in [6, 6.07) is 8.70. The first kappa shape index (κ1) is 11.8. The Morgan fingerprint density at radius 2 is 2.00 bits per heavy atom. The minimum absolute atomic E-state index is 0.0360. The van der Waals surface area contributed by atoms with E-state index in [1.807, 2.05) is 0 Å². The SMILES string of the molecule is NNC=C1C(=O)N(c2ccccc2)N=C1C(N)=O. The van der Waals surface area contributed by atoms with Crippen LogP contribution in [0.5, 0.6) is 0 Å². The zero-order chi connectivity index (χ0) is 13.1. The van der Waals surface area contributed by atoms with Crippen LogP contribution < -0.4 is 22.0 Å². The monoisotopic (exact) mass is 245 g/mol. The molecule has 0 unspecified atom stereocenters. The van der Waals surface area contributed by atoms with Crippen LogP contribution in [0.25, 0.3) is 0 Å². The van der Waals surface area contributed by atoms with Gasteiger partial charge in [0.1, 0.15) is 0 Å². The van der Waals surface area contributed by atoms with Crippen molar-refractivity contribution in [1.82, 2.24) is 5.43 Å². The molecule has 1 aromatic rings. The van der Waals surface area contributed by atoms with Crippen molar-refractivity contribution in [3.63, 3.8) is 0 Å². The maximum absolute atomic E-state index is 12.1. The number of hydrogen-bond acceptors (Lipinski definition) is 5. The van der Waals surface area contributed by atoms with E-state index in [1.54, 1.807) is 30.3 Å². The Morgan fingerprint density at radius 1 is 1.33 bits per heavy atom. The Hall–Kier alpha value is -2.67. The molecule has 0 aromatic heterocycles. The van der Waals surface area contributed by atoms with Gasteiger partial charge in [0.2, 0.25) is 0 Å². The number of nitrogens with one attached hydrogen (secondary N) is 1. The molecule has 18 heavy (non-hydrogen) atoms. The number of para-hydroxylation sites is 1. The molecule has 0 radical (unpaired) electrons. The van der Waals surface area contributed by atoms with Crippen LogP contribution in [0.1, 0.15) is 0 Å². The minimum atomic E-state index is -0.789. The number of anilines is 1. The van der Waals surface area contributed by atoms with Crippen molar-refractivity contribution in [2.24, 2.45) is 16.7 Å². The maximum Gasteiger partial charge on any atom is 0.282 e. The van der Waals surface area contributed by atoms with Crippen LogP contribution in [-0.4, -0.2) is 17.5 Å². The van der Waals surface area contributed by atoms with Gasteiger partial charge in [0.15, 0.2) is 5.71 Å². The Kier molecular flexibility index (Phi) is 3.07. The first-order chi connectivity index (χ1) is 8.65. The highest BCUT2D eigenvalue weighted by atomic mass is 16.2. The van der Waals surface area contributed by atoms with Gasteiger partial charge in [-0.3, -0.25) is 15.4 Å². The second kappa shape index (κ2) is 4.68. The van der Waals surface area contributed by atoms with Gasteiger partial charge in [-0.25, -0.2) is 0 Å². The molecule has 1 aromatic carbocycles. The number of hydrazone groups is 1. The molecule has 0 atom stereocenters. The molecule has 1 heterocycles. The van der Waals surface area contributed by atoms with Crippen LogP contribution >= 0.6 is 0 Å². The van der Waals surface area contributed by atoms with E-state index in [9.17, 15) is 9.59 Å². The number of nitrogens with zero attached hydrogens (tertiary/aromatic N) is 2. The third-order valence-electron chi connectivity index (χ3n) is 2.34. The number of hydrazine groups is 1. The molecule has 0 saturated heterocycles. The first-order valence-corrected chi connectivity index (χ1v) is 5.09. The van der Waals surface area contributed by atoms with Gasteiger partial charge in [-0.1, -0.05) is 18.2 Å². The van der Waals surface area contributed by atoms with Gasteiger partial charge >= 0.3 is 0 Å². The molecule has 0 bridgehead atoms. The summed E-state index contributed by atoms with van der Waals surface area (Å²) in [7, 11) is 0. The fourth-order valence-electron chi connectivity index (χ4n) is 1.55. The summed E-state index contributed by atoms with van der Waals surface area (Å²) < 4.78 is 0. The lowest BCUT2D eigenvalue weighted by Crippen LogP contribution is -2.28. The number of carbonyl (C=O) groups is 2. The molecule has 2 amide bonds. The van der Waals surface area contributed by atoms with Crippen LogP contribution in [0.4, 0.5) is 5.69 Å². The molecular weight excluding hydrogens is 234 g/mol. The summed E-state index contributed by atoms with van der Waals surface area (Å²) in [5.74, 6) is 3.86. The number of carbonyl (C=O) groups excluding carboxylic acids is 2. The third-order valence-corrected chi connectivity index (χ3v) is 2.34. The number of primary amides is 1. The Bertz CT molecular complexity index is 550. The van der Waals surface area contributed by atoms with Gasteiger partial charge in [0, 0.05) is 6.20 Å². The van der Waals surface area contributed by atoms with Crippen LogP contribution in [0, 0.1) is 0 Å². The quantitative estimate of drug-likeness (QED) is 0.368. The Labute approximate surface area is 103 Å². The lowest BCUT2D eigenvalue weighted by molar-refractivity contribution is -0.115. The fraction of sp³-hybridized carbons (Fsp3) is 0. The normalized spacial score (nSPS) is 16.9. The van der Waals surface area contributed by atoms with E-state index in [1.165, 1.54) is 6.20 Å². The van der Waals surface area contributed by atoms with Crippen molar-refractivity contribution in [2.75, 3.05) is 5.01 Å². The van der Waals surface area contributed by atoms with Crippen LogP contribution in [0.15, 0.2) is 47.2 Å². The number of hydrogen-bond donors (Lipinski definition) is 3. The molecule has 1 aliphatic rings. The minimum Gasteiger partial charge on any atom is -0.364 e. The van der Waals surface area contributed by atoms with E-state index in [4.69, 9.17) is 11.6 Å². The van der Waals surface area contributed by atoms with Gasteiger partial charge < -0.3 is 11.2 Å². The second-order valence-electron chi connectivity index (χ2n) is 3.49. The number of amides is 2. The molecule has 7 nitrogen and oxygen atoms in total. The summed E-state index contributed by atoms with van der Waals surface area (Å²) in [4.78, 5) is 23.3. The van der Waals surface area contributed by atoms with Crippen molar-refractivity contribution in [1.29, 1.82) is 0 Å². The lowest BCUT2D eigenvalue weighted by atomic mass is 10.1. The van der Waals surface area contributed by atoms with Crippen LogP contribution in [-0.2, 0) is 9.59 Å². The van der Waals surface area contributed by atoms with E-state index >= 15 is 0 Å². The van der Waals surface area contributed by atoms with Crippen molar-refractivity contribution in [2.45, 2.75) is 0 Å². The average molecular weight is 245 g/mol. The smallest absolute Gasteiger partial charge is 0.282 e. The van der Waals surface area contributed by atoms with E-state index < -0.39 is 11.8 Å². The van der Waals surface area contributed by atoms with Crippen molar-refractivity contribution < 1.29 is 9.59 Å². The molecule has 0 saturated carbocycles. The van der Waals surface area contributed by atoms with E-state index in [2.05, 4.69) is 10.5 Å². The maximum atomic E-state index is 12.1. The standard InChI is InChI=1S/C11H11N5O2/c12-10(17)9-8(6-14-13)11(18)16(15-9)7-4-2-1-3-5-7/h1-6,14H,13H2,(H2,12,17). The van der Waals surface area contributed by atoms with E-state index in [0.717, 1.165) is 5.01 Å². The molecule has 2 rings (SSSR count). The average Bonchev–Trinajstić information content (AvgIpc) is 2.69. The van der Waals surface area contributed by atoms with Gasteiger partial charge in [0.25, 0.3) is 11.8 Å². The summed E-state index contributed by atoms with van der Waals surface area (Å²) in [5.41, 5.74) is 7.82. The molecular formula is C11H11N5O2. The Balaban J connectivity index is 2.44. The fourth-order valence-corrected chi connectivity index (χ4v) is 1.55. The summed E-state index contributed by atoms with van der Waals surface area (Å²) in [6.45, 7) is 0. The molecule has 92 valence electrons. The van der Waals surface area contributed by atoms with Gasteiger partial charge in [0.05, 0.1) is 11.3 Å². The van der Waals surface area contributed by atoms with E-state index in [0.29, 0.717) is 5.69 Å². The highest BCUT2D eigenvalue weighted by Gasteiger charge is 2.33. The van der Waals surface area contributed by atoms with Gasteiger partial charge in [-0.15, -0.1) is 0 Å². The van der Waals surface area contributed by atoms with Gasteiger partial charge in [-0.05, 0) is 12.1 Å². The Morgan fingerprint density at radius 3 is 2.56 bits per heavy atom. The highest BCUT2D eigenvalue weighted by Crippen LogP contribution is 2.22. The molecule has 0 aliphatic carbocycles. The first-order valence-electron chi connectivity index (χ1n) is 5.09. The van der Waals surface area contributed by atoms with Gasteiger partial charge in [-0.2, -0.15) is 10.1 Å². The number of benzene rings is 1. The molecule has 1 aliphatic heterocycles. The number of nitrogens with two attached hydrogens (primary N) is 2. The summed E-state index contributed by atoms with van der Waals surface area (Å²) in [6.07, 6.45) is 1.19. The predicted octanol–water partition coefficient (Wildman–Crippen LogP) is -0.778. The van der Waals surface area contributed by atoms with E-state index in [-0.39, 0.29) is 11.3 Å². The molecule has 5 N–H and O–H groups in total. The zero-order valence-electron chi connectivity index (χ0n) is 9.33. The van der Waals surface area contributed by atoms with Crippen LogP contribution in [0.2, 0.25) is 0 Å². The topological polar surface area (TPSA) is 114 Å².